The molecular formula is C25H22FN3O2S. The number of carbonyl (C=O) groups is 1. The molecule has 2 aromatic heterocycles. The summed E-state index contributed by atoms with van der Waals surface area (Å²) >= 11 is 1.23. The molecule has 4 aromatic rings. The Labute approximate surface area is 189 Å². The Hall–Kier alpha value is -3.58. The first-order valence-corrected chi connectivity index (χ1v) is 11.1. The Balaban J connectivity index is 1.36. The van der Waals surface area contributed by atoms with Gasteiger partial charge in [0.25, 0.3) is 5.91 Å². The van der Waals surface area contributed by atoms with E-state index >= 15 is 0 Å². The van der Waals surface area contributed by atoms with E-state index in [1.807, 2.05) is 49.4 Å². The molecule has 0 atom stereocenters. The molecule has 5 nitrogen and oxygen atoms in total. The Morgan fingerprint density at radius 3 is 2.81 bits per heavy atom. The van der Waals surface area contributed by atoms with Crippen LogP contribution in [0.3, 0.4) is 0 Å². The van der Waals surface area contributed by atoms with Gasteiger partial charge in [-0.15, -0.1) is 11.3 Å². The van der Waals surface area contributed by atoms with Crippen LogP contribution in [0.1, 0.15) is 27.3 Å². The summed E-state index contributed by atoms with van der Waals surface area (Å²) < 4.78 is 20.4. The average Bonchev–Trinajstić information content (AvgIpc) is 3.29. The highest BCUT2D eigenvalue weighted by atomic mass is 32.1. The maximum atomic E-state index is 14.7. The lowest BCUT2D eigenvalue weighted by atomic mass is 10.1. The molecular weight excluding hydrogens is 425 g/mol. The molecule has 162 valence electrons. The molecule has 2 aromatic carbocycles. The summed E-state index contributed by atoms with van der Waals surface area (Å²) in [5.74, 6) is -0.290. The lowest BCUT2D eigenvalue weighted by molar-refractivity contribution is 0.0950. The molecule has 0 aliphatic carbocycles. The van der Waals surface area contributed by atoms with E-state index in [4.69, 9.17) is 4.74 Å². The third-order valence-corrected chi connectivity index (χ3v) is 5.66. The van der Waals surface area contributed by atoms with Crippen LogP contribution in [0.5, 0.6) is 5.75 Å². The van der Waals surface area contributed by atoms with E-state index in [-0.39, 0.29) is 11.6 Å². The molecule has 0 aliphatic rings. The molecule has 4 rings (SSSR count). The number of aryl methyl sites for hydroxylation is 1. The van der Waals surface area contributed by atoms with Gasteiger partial charge in [-0.3, -0.25) is 9.78 Å². The lowest BCUT2D eigenvalue weighted by Crippen LogP contribution is -2.26. The van der Waals surface area contributed by atoms with Gasteiger partial charge in [0.2, 0.25) is 0 Å². The predicted octanol–water partition coefficient (Wildman–Crippen LogP) is 5.20. The van der Waals surface area contributed by atoms with Gasteiger partial charge in [-0.25, -0.2) is 9.37 Å². The third-order valence-electron chi connectivity index (χ3n) is 4.79. The molecule has 7 heteroatoms. The first-order chi connectivity index (χ1) is 15.6. The molecule has 1 amide bonds. The second kappa shape index (κ2) is 10.2. The van der Waals surface area contributed by atoms with Crippen LogP contribution in [0.4, 0.5) is 4.39 Å². The van der Waals surface area contributed by atoms with Crippen LogP contribution < -0.4 is 10.1 Å². The molecule has 2 heterocycles. The minimum atomic E-state index is -0.441. The first-order valence-electron chi connectivity index (χ1n) is 10.2. The molecule has 0 spiro atoms. The highest BCUT2D eigenvalue weighted by Crippen LogP contribution is 2.29. The fourth-order valence-electron chi connectivity index (χ4n) is 3.17. The van der Waals surface area contributed by atoms with Crippen LogP contribution in [0, 0.1) is 12.7 Å². The highest BCUT2D eigenvalue weighted by molar-refractivity contribution is 7.13. The minimum Gasteiger partial charge on any atom is -0.489 e. The van der Waals surface area contributed by atoms with Crippen molar-refractivity contribution in [2.24, 2.45) is 0 Å². The van der Waals surface area contributed by atoms with Crippen LogP contribution >= 0.6 is 11.3 Å². The second-order valence-electron chi connectivity index (χ2n) is 7.28. The van der Waals surface area contributed by atoms with Crippen LogP contribution in [0.15, 0.2) is 72.2 Å². The van der Waals surface area contributed by atoms with Crippen molar-refractivity contribution in [2.75, 3.05) is 6.54 Å². The van der Waals surface area contributed by atoms with Crippen molar-refractivity contribution >= 4 is 17.2 Å². The van der Waals surface area contributed by atoms with Crippen molar-refractivity contribution < 1.29 is 13.9 Å². The number of hydrogen-bond donors (Lipinski definition) is 1. The number of aromatic nitrogens is 2. The van der Waals surface area contributed by atoms with Gasteiger partial charge in [0.05, 0.1) is 0 Å². The summed E-state index contributed by atoms with van der Waals surface area (Å²) in [6.07, 6.45) is 2.35. The van der Waals surface area contributed by atoms with E-state index in [1.165, 1.54) is 17.4 Å². The largest absolute Gasteiger partial charge is 0.489 e. The molecule has 32 heavy (non-hydrogen) atoms. The van der Waals surface area contributed by atoms with E-state index in [9.17, 15) is 9.18 Å². The topological polar surface area (TPSA) is 64.1 Å². The normalized spacial score (nSPS) is 10.7. The molecule has 0 saturated heterocycles. The van der Waals surface area contributed by atoms with Crippen LogP contribution in [-0.2, 0) is 13.0 Å². The summed E-state index contributed by atoms with van der Waals surface area (Å²) in [6, 6.07) is 18.3. The number of benzene rings is 2. The molecule has 1 N–H and O–H groups in total. The lowest BCUT2D eigenvalue weighted by Gasteiger charge is -2.08. The zero-order chi connectivity index (χ0) is 22.3. The Bertz CT molecular complexity index is 1210. The van der Waals surface area contributed by atoms with E-state index in [0.29, 0.717) is 35.9 Å². The maximum Gasteiger partial charge on any atom is 0.270 e. The van der Waals surface area contributed by atoms with Gasteiger partial charge in [0.15, 0.2) is 0 Å². The van der Waals surface area contributed by atoms with Crippen molar-refractivity contribution in [1.82, 2.24) is 15.3 Å². The number of nitrogens with one attached hydrogen (secondary N) is 1. The summed E-state index contributed by atoms with van der Waals surface area (Å²) in [5, 5.41) is 4.90. The molecule has 0 saturated carbocycles. The average molecular weight is 448 g/mol. The highest BCUT2D eigenvalue weighted by Gasteiger charge is 2.15. The van der Waals surface area contributed by atoms with Crippen molar-refractivity contribution in [3.05, 3.63) is 101 Å². The second-order valence-corrected chi connectivity index (χ2v) is 8.14. The fraction of sp³-hybridized carbons (Fsp3) is 0.160. The number of hydrogen-bond acceptors (Lipinski definition) is 5. The minimum absolute atomic E-state index is 0.269. The zero-order valence-electron chi connectivity index (χ0n) is 17.5. The molecule has 0 aliphatic heterocycles. The first kappa shape index (κ1) is 21.6. The molecule has 0 radical (unpaired) electrons. The summed E-state index contributed by atoms with van der Waals surface area (Å²) in [6.45, 7) is 2.82. The number of amides is 1. The molecule has 0 unspecified atom stereocenters. The monoisotopic (exact) mass is 447 g/mol. The SMILES string of the molecule is Cc1cccc(COc2ccc(-c3nc(C(=O)NCCc4ccccn4)cs3)c(F)c2)c1. The molecule has 0 fully saturated rings. The van der Waals surface area contributed by atoms with Gasteiger partial charge in [-0.05, 0) is 36.8 Å². The number of nitrogens with zero attached hydrogens (tertiary/aromatic N) is 2. The van der Waals surface area contributed by atoms with Gasteiger partial charge < -0.3 is 10.1 Å². The molecule has 0 bridgehead atoms. The Morgan fingerprint density at radius 1 is 1.12 bits per heavy atom. The number of carbonyl (C=O) groups excluding carboxylic acids is 1. The van der Waals surface area contributed by atoms with Gasteiger partial charge >= 0.3 is 0 Å². The maximum absolute atomic E-state index is 14.7. The zero-order valence-corrected chi connectivity index (χ0v) is 18.4. The summed E-state index contributed by atoms with van der Waals surface area (Å²) in [7, 11) is 0. The number of pyridine rings is 1. The number of rotatable bonds is 8. The van der Waals surface area contributed by atoms with Crippen molar-refractivity contribution in [3.8, 4) is 16.3 Å². The third kappa shape index (κ3) is 5.56. The van der Waals surface area contributed by atoms with Gasteiger partial charge in [-0.2, -0.15) is 0 Å². The van der Waals surface area contributed by atoms with Gasteiger partial charge in [-0.1, -0.05) is 35.9 Å². The van der Waals surface area contributed by atoms with Crippen molar-refractivity contribution in [2.45, 2.75) is 20.0 Å². The fourth-order valence-corrected chi connectivity index (χ4v) is 4.00. The standard InChI is InChI=1S/C25H22FN3O2S/c1-17-5-4-6-18(13-17)15-31-20-8-9-21(22(26)14-20)25-29-23(16-32-25)24(30)28-12-10-19-7-2-3-11-27-19/h2-9,11,13-14,16H,10,12,15H2,1H3,(H,28,30). The van der Waals surface area contributed by atoms with Crippen LogP contribution in [0.25, 0.3) is 10.6 Å². The summed E-state index contributed by atoms with van der Waals surface area (Å²) in [4.78, 5) is 20.9. The van der Waals surface area contributed by atoms with E-state index in [1.54, 1.807) is 23.7 Å². The van der Waals surface area contributed by atoms with Crippen LogP contribution in [0.2, 0.25) is 0 Å². The van der Waals surface area contributed by atoms with Crippen LogP contribution in [-0.4, -0.2) is 22.4 Å². The Morgan fingerprint density at radius 2 is 2.03 bits per heavy atom. The van der Waals surface area contributed by atoms with E-state index < -0.39 is 5.82 Å². The smallest absolute Gasteiger partial charge is 0.270 e. The van der Waals surface area contributed by atoms with Gasteiger partial charge in [0, 0.05) is 41.9 Å². The van der Waals surface area contributed by atoms with Crippen molar-refractivity contribution in [1.29, 1.82) is 0 Å². The van der Waals surface area contributed by atoms with Gasteiger partial charge in [0.1, 0.15) is 28.9 Å². The number of ether oxygens (including phenoxy) is 1. The number of thiazole rings is 1. The van der Waals surface area contributed by atoms with E-state index in [2.05, 4.69) is 15.3 Å². The predicted molar refractivity (Wildman–Crippen MR) is 123 cm³/mol. The summed E-state index contributed by atoms with van der Waals surface area (Å²) in [5.41, 5.74) is 3.68. The quantitative estimate of drug-likeness (QED) is 0.403. The number of halogens is 1. The van der Waals surface area contributed by atoms with Crippen molar-refractivity contribution in [3.63, 3.8) is 0 Å². The van der Waals surface area contributed by atoms with E-state index in [0.717, 1.165) is 16.8 Å². The Kier molecular flexibility index (Phi) is 6.87.